The molecule has 5 heteroatoms. The van der Waals surface area contributed by atoms with Gasteiger partial charge in [-0.05, 0) is 55.0 Å². The number of rotatable bonds is 1. The van der Waals surface area contributed by atoms with Crippen LogP contribution in [0.4, 0.5) is 0 Å². The molecule has 2 aromatic carbocycles. The van der Waals surface area contributed by atoms with Crippen LogP contribution >= 0.6 is 39.7 Å². The third-order valence-corrected chi connectivity index (χ3v) is 4.09. The van der Waals surface area contributed by atoms with E-state index >= 15 is 0 Å². The van der Waals surface area contributed by atoms with Crippen LogP contribution in [0.25, 0.3) is 16.7 Å². The molecular weight excluding hydrogens is 344 g/mol. The summed E-state index contributed by atoms with van der Waals surface area (Å²) >= 11 is 15.2. The molecule has 0 aliphatic heterocycles. The maximum Gasteiger partial charge on any atom is 0.182 e. The van der Waals surface area contributed by atoms with Crippen LogP contribution in [0.3, 0.4) is 0 Å². The molecule has 0 spiro atoms. The largest absolute Gasteiger partial charge is 0.330 e. The second kappa shape index (κ2) is 4.78. The van der Waals surface area contributed by atoms with Gasteiger partial charge in [0.15, 0.2) is 4.77 Å². The van der Waals surface area contributed by atoms with Gasteiger partial charge in [-0.2, -0.15) is 0 Å². The number of H-pyrrole nitrogens is 1. The zero-order valence-corrected chi connectivity index (χ0v) is 13.2. The lowest BCUT2D eigenvalue weighted by Gasteiger charge is -2.08. The standard InChI is InChI=1S/C14H10BrClN2S/c1-8-2-4-10(16)12(6-8)18-13-7-9(15)3-5-11(13)17-14(18)19/h2-7H,1H3,(H,17,19). The molecule has 19 heavy (non-hydrogen) atoms. The number of halogens is 2. The lowest BCUT2D eigenvalue weighted by Crippen LogP contribution is -1.95. The van der Waals surface area contributed by atoms with E-state index in [1.807, 2.05) is 47.9 Å². The second-order valence-corrected chi connectivity index (χ2v) is 6.09. The fraction of sp³-hybridized carbons (Fsp3) is 0.0714. The van der Waals surface area contributed by atoms with Gasteiger partial charge in [-0.3, -0.25) is 4.57 Å². The highest BCUT2D eigenvalue weighted by atomic mass is 79.9. The molecule has 1 N–H and O–H groups in total. The lowest BCUT2D eigenvalue weighted by atomic mass is 10.2. The van der Waals surface area contributed by atoms with Crippen molar-refractivity contribution in [2.75, 3.05) is 0 Å². The Hall–Kier alpha value is -1.10. The summed E-state index contributed by atoms with van der Waals surface area (Å²) in [5.41, 5.74) is 4.04. The quantitative estimate of drug-likeness (QED) is 0.580. The SMILES string of the molecule is Cc1ccc(Cl)c(-n2c(=S)[nH]c3ccc(Br)cc32)c1. The molecule has 0 radical (unpaired) electrons. The molecule has 0 amide bonds. The minimum atomic E-state index is 0.639. The molecule has 3 rings (SSSR count). The highest BCUT2D eigenvalue weighted by Crippen LogP contribution is 2.28. The van der Waals surface area contributed by atoms with E-state index in [4.69, 9.17) is 23.8 Å². The first-order chi connectivity index (χ1) is 9.06. The number of hydrogen-bond donors (Lipinski definition) is 1. The van der Waals surface area contributed by atoms with Gasteiger partial charge in [-0.1, -0.05) is 33.6 Å². The van der Waals surface area contributed by atoms with Gasteiger partial charge in [0.25, 0.3) is 0 Å². The summed E-state index contributed by atoms with van der Waals surface area (Å²) in [6.07, 6.45) is 0. The van der Waals surface area contributed by atoms with E-state index in [0.717, 1.165) is 26.8 Å². The van der Waals surface area contributed by atoms with Crippen LogP contribution in [0, 0.1) is 11.7 Å². The van der Waals surface area contributed by atoms with Gasteiger partial charge >= 0.3 is 0 Å². The molecular formula is C14H10BrClN2S. The Kier molecular flexibility index (Phi) is 3.25. The molecule has 2 nitrogen and oxygen atoms in total. The van der Waals surface area contributed by atoms with Crippen LogP contribution < -0.4 is 0 Å². The Bertz CT molecular complexity index is 835. The average Bonchev–Trinajstić information content (AvgIpc) is 2.68. The average molecular weight is 354 g/mol. The third-order valence-electron chi connectivity index (χ3n) is 2.99. The van der Waals surface area contributed by atoms with Crippen LogP contribution in [0.15, 0.2) is 40.9 Å². The Morgan fingerprint density at radius 2 is 2.00 bits per heavy atom. The number of imidazole rings is 1. The van der Waals surface area contributed by atoms with Crippen molar-refractivity contribution in [2.24, 2.45) is 0 Å². The number of fused-ring (bicyclic) bond motifs is 1. The van der Waals surface area contributed by atoms with Gasteiger partial charge in [-0.15, -0.1) is 0 Å². The molecule has 1 heterocycles. The highest BCUT2D eigenvalue weighted by molar-refractivity contribution is 9.10. The number of nitrogens with zero attached hydrogens (tertiary/aromatic N) is 1. The number of aryl methyl sites for hydroxylation is 1. The van der Waals surface area contributed by atoms with E-state index in [0.29, 0.717) is 9.79 Å². The third kappa shape index (κ3) is 2.24. The predicted octanol–water partition coefficient (Wildman–Crippen LogP) is 5.41. The Labute approximate surface area is 129 Å². The maximum atomic E-state index is 6.31. The first kappa shape index (κ1) is 12.9. The smallest absolute Gasteiger partial charge is 0.182 e. The summed E-state index contributed by atoms with van der Waals surface area (Å²) in [6, 6.07) is 11.9. The van der Waals surface area contributed by atoms with Crippen molar-refractivity contribution in [2.45, 2.75) is 6.92 Å². The highest BCUT2D eigenvalue weighted by Gasteiger charge is 2.10. The van der Waals surface area contributed by atoms with Crippen molar-refractivity contribution in [1.29, 1.82) is 0 Å². The first-order valence-corrected chi connectivity index (χ1v) is 7.31. The molecule has 0 bridgehead atoms. The van der Waals surface area contributed by atoms with Crippen LogP contribution in [0.1, 0.15) is 5.56 Å². The van der Waals surface area contributed by atoms with Crippen molar-refractivity contribution >= 4 is 50.8 Å². The Morgan fingerprint density at radius 1 is 1.21 bits per heavy atom. The number of nitrogens with one attached hydrogen (secondary N) is 1. The summed E-state index contributed by atoms with van der Waals surface area (Å²) in [4.78, 5) is 3.20. The topological polar surface area (TPSA) is 20.7 Å². The summed E-state index contributed by atoms with van der Waals surface area (Å²) in [6.45, 7) is 2.04. The van der Waals surface area contributed by atoms with E-state index in [1.165, 1.54) is 0 Å². The number of hydrogen-bond acceptors (Lipinski definition) is 1. The van der Waals surface area contributed by atoms with E-state index in [1.54, 1.807) is 0 Å². The van der Waals surface area contributed by atoms with Crippen molar-refractivity contribution in [3.05, 3.63) is 56.2 Å². The first-order valence-electron chi connectivity index (χ1n) is 5.73. The Balaban J connectivity index is 2.42. The normalized spacial score (nSPS) is 11.1. The number of benzene rings is 2. The van der Waals surface area contributed by atoms with E-state index < -0.39 is 0 Å². The van der Waals surface area contributed by atoms with Crippen molar-refractivity contribution in [1.82, 2.24) is 9.55 Å². The monoisotopic (exact) mass is 352 g/mol. The van der Waals surface area contributed by atoms with Crippen molar-refractivity contribution in [3.63, 3.8) is 0 Å². The van der Waals surface area contributed by atoms with Gasteiger partial charge in [0.1, 0.15) is 0 Å². The van der Waals surface area contributed by atoms with Gasteiger partial charge in [0.05, 0.1) is 21.7 Å². The molecule has 0 saturated carbocycles. The molecule has 0 unspecified atom stereocenters. The van der Waals surface area contributed by atoms with Gasteiger partial charge in [0.2, 0.25) is 0 Å². The number of aromatic nitrogens is 2. The molecule has 0 saturated heterocycles. The van der Waals surface area contributed by atoms with E-state index in [9.17, 15) is 0 Å². The minimum absolute atomic E-state index is 0.639. The predicted molar refractivity (Wildman–Crippen MR) is 85.9 cm³/mol. The second-order valence-electron chi connectivity index (χ2n) is 4.38. The van der Waals surface area contributed by atoms with Crippen molar-refractivity contribution in [3.8, 4) is 5.69 Å². The molecule has 0 atom stereocenters. The molecule has 0 aliphatic carbocycles. The Morgan fingerprint density at radius 3 is 2.79 bits per heavy atom. The van der Waals surface area contributed by atoms with Crippen LogP contribution in [-0.2, 0) is 0 Å². The van der Waals surface area contributed by atoms with Crippen LogP contribution in [0.2, 0.25) is 5.02 Å². The van der Waals surface area contributed by atoms with Crippen molar-refractivity contribution < 1.29 is 0 Å². The van der Waals surface area contributed by atoms with Gasteiger partial charge in [0, 0.05) is 4.47 Å². The number of aromatic amines is 1. The zero-order valence-electron chi connectivity index (χ0n) is 10.1. The fourth-order valence-corrected chi connectivity index (χ4v) is 2.97. The summed E-state index contributed by atoms with van der Waals surface area (Å²) < 4.78 is 3.61. The molecule has 0 aliphatic rings. The van der Waals surface area contributed by atoms with E-state index in [-0.39, 0.29) is 0 Å². The minimum Gasteiger partial charge on any atom is -0.330 e. The van der Waals surface area contributed by atoms with Gasteiger partial charge in [-0.25, -0.2) is 0 Å². The molecule has 1 aromatic heterocycles. The molecule has 3 aromatic rings. The van der Waals surface area contributed by atoms with Crippen LogP contribution in [-0.4, -0.2) is 9.55 Å². The fourth-order valence-electron chi connectivity index (χ4n) is 2.11. The summed E-state index contributed by atoms with van der Waals surface area (Å²) in [5, 5.41) is 0.683. The summed E-state index contributed by atoms with van der Waals surface area (Å²) in [7, 11) is 0. The zero-order chi connectivity index (χ0) is 13.6. The van der Waals surface area contributed by atoms with Crippen LogP contribution in [0.5, 0.6) is 0 Å². The maximum absolute atomic E-state index is 6.31. The van der Waals surface area contributed by atoms with E-state index in [2.05, 4.69) is 20.9 Å². The summed E-state index contributed by atoms with van der Waals surface area (Å²) in [5.74, 6) is 0. The molecule has 96 valence electrons. The lowest BCUT2D eigenvalue weighted by molar-refractivity contribution is 1.06. The molecule has 0 fully saturated rings. The van der Waals surface area contributed by atoms with Gasteiger partial charge < -0.3 is 4.98 Å².